The summed E-state index contributed by atoms with van der Waals surface area (Å²) in [6.07, 6.45) is 2.43. The molecule has 0 radical (unpaired) electrons. The third kappa shape index (κ3) is 4.05. The van der Waals surface area contributed by atoms with Crippen LogP contribution < -0.4 is 4.90 Å². The van der Waals surface area contributed by atoms with Crippen LogP contribution in [0.4, 0.5) is 5.69 Å². The molecule has 5 heteroatoms. The second-order valence-corrected chi connectivity index (χ2v) is 7.07. The molecule has 0 N–H and O–H groups in total. The number of nitrogens with zero attached hydrogens (tertiary/aromatic N) is 2. The number of carbonyl (C=O) groups excluding carboxylic acids is 2. The van der Waals surface area contributed by atoms with Crippen molar-refractivity contribution in [3.05, 3.63) is 29.3 Å². The molecule has 1 aromatic rings. The molecule has 124 valence electrons. The molecule has 3 rings (SSSR count). The van der Waals surface area contributed by atoms with Gasteiger partial charge in [0.1, 0.15) is 5.78 Å². The molecule has 23 heavy (non-hydrogen) atoms. The number of benzene rings is 1. The van der Waals surface area contributed by atoms with Crippen molar-refractivity contribution in [1.29, 1.82) is 0 Å². The van der Waals surface area contributed by atoms with Gasteiger partial charge in [-0.1, -0.05) is 18.5 Å². The summed E-state index contributed by atoms with van der Waals surface area (Å²) >= 11 is 5.92. The summed E-state index contributed by atoms with van der Waals surface area (Å²) in [6, 6.07) is 7.80. The molecule has 1 amide bonds. The molecular weight excluding hydrogens is 312 g/mol. The third-order valence-corrected chi connectivity index (χ3v) is 5.00. The van der Waals surface area contributed by atoms with E-state index in [0.29, 0.717) is 19.5 Å². The molecule has 1 atom stereocenters. The molecule has 1 unspecified atom stereocenters. The SMILES string of the molecule is CC(CC(=O)C1CC1)C(=O)N1CCN(c2ccc(Cl)cc2)CC1. The number of anilines is 1. The normalized spacial score (nSPS) is 19.6. The quantitative estimate of drug-likeness (QED) is 0.831. The number of Topliss-reactive ketones (excluding diaryl/α,β-unsaturated/α-hetero) is 1. The molecule has 0 aromatic heterocycles. The summed E-state index contributed by atoms with van der Waals surface area (Å²) in [7, 11) is 0. The zero-order chi connectivity index (χ0) is 16.4. The Morgan fingerprint density at radius 1 is 1.13 bits per heavy atom. The maximum absolute atomic E-state index is 12.5. The molecule has 4 nitrogen and oxygen atoms in total. The van der Waals surface area contributed by atoms with Crippen molar-refractivity contribution in [3.63, 3.8) is 0 Å². The van der Waals surface area contributed by atoms with Gasteiger partial charge in [-0.3, -0.25) is 9.59 Å². The van der Waals surface area contributed by atoms with E-state index in [-0.39, 0.29) is 23.5 Å². The van der Waals surface area contributed by atoms with Crippen molar-refractivity contribution < 1.29 is 9.59 Å². The molecule has 1 saturated heterocycles. The maximum atomic E-state index is 12.5. The lowest BCUT2D eigenvalue weighted by molar-refractivity contribution is -0.137. The van der Waals surface area contributed by atoms with Gasteiger partial charge in [0.15, 0.2) is 0 Å². The first-order valence-corrected chi connectivity index (χ1v) is 8.74. The largest absolute Gasteiger partial charge is 0.368 e. The standard InChI is InChI=1S/C18H23ClN2O2/c1-13(12-17(22)14-2-3-14)18(23)21-10-8-20(9-11-21)16-6-4-15(19)5-7-16/h4-7,13-14H,2-3,8-12H2,1H3. The van der Waals surface area contributed by atoms with Crippen LogP contribution in [0, 0.1) is 11.8 Å². The Hall–Kier alpha value is -1.55. The monoisotopic (exact) mass is 334 g/mol. The molecule has 1 saturated carbocycles. The van der Waals surface area contributed by atoms with E-state index >= 15 is 0 Å². The fraction of sp³-hybridized carbons (Fsp3) is 0.556. The van der Waals surface area contributed by atoms with Crippen molar-refractivity contribution in [2.45, 2.75) is 26.2 Å². The van der Waals surface area contributed by atoms with Gasteiger partial charge in [-0.05, 0) is 37.1 Å². The van der Waals surface area contributed by atoms with Gasteiger partial charge in [0.2, 0.25) is 5.91 Å². The second kappa shape index (κ2) is 6.91. The smallest absolute Gasteiger partial charge is 0.225 e. The summed E-state index contributed by atoms with van der Waals surface area (Å²) in [5.41, 5.74) is 1.14. The third-order valence-electron chi connectivity index (χ3n) is 4.74. The topological polar surface area (TPSA) is 40.6 Å². The van der Waals surface area contributed by atoms with Crippen molar-refractivity contribution in [2.75, 3.05) is 31.1 Å². The number of halogens is 1. The molecule has 1 aliphatic heterocycles. The predicted octanol–water partition coefficient (Wildman–Crippen LogP) is 2.99. The Morgan fingerprint density at radius 2 is 1.74 bits per heavy atom. The highest BCUT2D eigenvalue weighted by Gasteiger charge is 2.33. The average Bonchev–Trinajstić information content (AvgIpc) is 3.40. The number of ketones is 1. The van der Waals surface area contributed by atoms with Crippen molar-refractivity contribution in [2.24, 2.45) is 11.8 Å². The van der Waals surface area contributed by atoms with Crippen molar-refractivity contribution in [1.82, 2.24) is 4.90 Å². The Labute approximate surface area is 142 Å². The molecule has 1 aromatic carbocycles. The van der Waals surface area contributed by atoms with Crippen molar-refractivity contribution >= 4 is 29.0 Å². The lowest BCUT2D eigenvalue weighted by Crippen LogP contribution is -2.50. The second-order valence-electron chi connectivity index (χ2n) is 6.63. The van der Waals surface area contributed by atoms with E-state index in [1.165, 1.54) is 0 Å². The van der Waals surface area contributed by atoms with Crippen molar-refractivity contribution in [3.8, 4) is 0 Å². The minimum absolute atomic E-state index is 0.120. The Bertz CT molecular complexity index is 575. The maximum Gasteiger partial charge on any atom is 0.225 e. The van der Waals surface area contributed by atoms with E-state index in [0.717, 1.165) is 36.6 Å². The van der Waals surface area contributed by atoms with E-state index in [9.17, 15) is 9.59 Å². The van der Waals surface area contributed by atoms with Crippen LogP contribution in [0.1, 0.15) is 26.2 Å². The number of carbonyl (C=O) groups is 2. The zero-order valence-corrected chi connectivity index (χ0v) is 14.3. The average molecular weight is 335 g/mol. The molecule has 1 aliphatic carbocycles. The minimum Gasteiger partial charge on any atom is -0.368 e. The van der Waals surface area contributed by atoms with E-state index in [1.54, 1.807) is 0 Å². The van der Waals surface area contributed by atoms with Crippen LogP contribution in [0.3, 0.4) is 0 Å². The summed E-state index contributed by atoms with van der Waals surface area (Å²) in [5.74, 6) is 0.442. The van der Waals surface area contributed by atoms with Gasteiger partial charge in [-0.25, -0.2) is 0 Å². The van der Waals surface area contributed by atoms with Gasteiger partial charge < -0.3 is 9.80 Å². The van der Waals surface area contributed by atoms with Gasteiger partial charge in [-0.15, -0.1) is 0 Å². The van der Waals surface area contributed by atoms with E-state index < -0.39 is 0 Å². The number of piperazine rings is 1. The van der Waals surface area contributed by atoms with Crippen LogP contribution in [-0.2, 0) is 9.59 Å². The van der Waals surface area contributed by atoms with E-state index in [1.807, 2.05) is 36.1 Å². The van der Waals surface area contributed by atoms with Crippen LogP contribution >= 0.6 is 11.6 Å². The highest BCUT2D eigenvalue weighted by atomic mass is 35.5. The number of amides is 1. The summed E-state index contributed by atoms with van der Waals surface area (Å²) in [4.78, 5) is 28.5. The highest BCUT2D eigenvalue weighted by Crippen LogP contribution is 2.32. The first-order chi connectivity index (χ1) is 11.0. The van der Waals surface area contributed by atoms with Gasteiger partial charge >= 0.3 is 0 Å². The number of rotatable bonds is 5. The van der Waals surface area contributed by atoms with Crippen LogP contribution in [-0.4, -0.2) is 42.8 Å². The minimum atomic E-state index is -0.190. The first-order valence-electron chi connectivity index (χ1n) is 8.36. The van der Waals surface area contributed by atoms with Crippen LogP contribution in [0.15, 0.2) is 24.3 Å². The summed E-state index contributed by atoms with van der Waals surface area (Å²) in [5, 5.41) is 0.733. The lowest BCUT2D eigenvalue weighted by Gasteiger charge is -2.37. The van der Waals surface area contributed by atoms with Gasteiger partial charge in [-0.2, -0.15) is 0 Å². The molecule has 2 fully saturated rings. The highest BCUT2D eigenvalue weighted by molar-refractivity contribution is 6.30. The zero-order valence-electron chi connectivity index (χ0n) is 13.5. The van der Waals surface area contributed by atoms with Crippen LogP contribution in [0.2, 0.25) is 5.02 Å². The molecule has 0 bridgehead atoms. The Morgan fingerprint density at radius 3 is 2.30 bits per heavy atom. The van der Waals surface area contributed by atoms with E-state index in [2.05, 4.69) is 4.90 Å². The number of hydrogen-bond donors (Lipinski definition) is 0. The first kappa shape index (κ1) is 16.3. The Kier molecular flexibility index (Phi) is 4.90. The van der Waals surface area contributed by atoms with Gasteiger partial charge in [0.05, 0.1) is 0 Å². The summed E-state index contributed by atoms with van der Waals surface area (Å²) < 4.78 is 0. The fourth-order valence-electron chi connectivity index (χ4n) is 3.11. The Balaban J connectivity index is 1.50. The predicted molar refractivity (Wildman–Crippen MR) is 91.8 cm³/mol. The molecule has 1 heterocycles. The van der Waals surface area contributed by atoms with Crippen LogP contribution in [0.5, 0.6) is 0 Å². The van der Waals surface area contributed by atoms with Gasteiger partial charge in [0.25, 0.3) is 0 Å². The lowest BCUT2D eigenvalue weighted by atomic mass is 10.0. The van der Waals surface area contributed by atoms with E-state index in [4.69, 9.17) is 11.6 Å². The number of hydrogen-bond acceptors (Lipinski definition) is 3. The summed E-state index contributed by atoms with van der Waals surface area (Å²) in [6.45, 7) is 4.94. The fourth-order valence-corrected chi connectivity index (χ4v) is 3.24. The van der Waals surface area contributed by atoms with Crippen LogP contribution in [0.25, 0.3) is 0 Å². The van der Waals surface area contributed by atoms with Gasteiger partial charge in [0, 0.05) is 55.1 Å². The molecule has 0 spiro atoms. The molecule has 2 aliphatic rings. The molecular formula is C18H23ClN2O2.